The number of hydrogen-bond acceptors (Lipinski definition) is 5. The van der Waals surface area contributed by atoms with E-state index in [0.29, 0.717) is 15.7 Å². The van der Waals surface area contributed by atoms with E-state index in [1.54, 1.807) is 38.4 Å². The van der Waals surface area contributed by atoms with Crippen molar-refractivity contribution in [3.8, 4) is 16.3 Å². The molecule has 0 aliphatic rings. The van der Waals surface area contributed by atoms with Crippen molar-refractivity contribution in [1.82, 2.24) is 10.2 Å². The molecule has 1 aromatic heterocycles. The summed E-state index contributed by atoms with van der Waals surface area (Å²) < 4.78 is 5.14. The van der Waals surface area contributed by atoms with Crippen LogP contribution >= 0.6 is 22.9 Å². The summed E-state index contributed by atoms with van der Waals surface area (Å²) in [6.07, 6.45) is 0. The summed E-state index contributed by atoms with van der Waals surface area (Å²) in [6.45, 7) is 0. The minimum Gasteiger partial charge on any atom is -0.497 e. The molecule has 0 unspecified atom stereocenters. The quantitative estimate of drug-likeness (QED) is 0.702. The molecule has 122 valence electrons. The van der Waals surface area contributed by atoms with E-state index in [1.165, 1.54) is 16.2 Å². The number of carbonyl (C=O) groups is 1. The lowest BCUT2D eigenvalue weighted by Crippen LogP contribution is -2.26. The molecule has 0 saturated carbocycles. The maximum absolute atomic E-state index is 12.5. The van der Waals surface area contributed by atoms with Gasteiger partial charge >= 0.3 is 0 Å². The average Bonchev–Trinajstić information content (AvgIpc) is 3.11. The van der Waals surface area contributed by atoms with Crippen LogP contribution in [0.5, 0.6) is 5.75 Å². The molecule has 0 bridgehead atoms. The first-order chi connectivity index (χ1) is 11.6. The molecule has 5 nitrogen and oxygen atoms in total. The second-order valence-corrected chi connectivity index (χ2v) is 6.38. The van der Waals surface area contributed by atoms with Crippen molar-refractivity contribution in [2.75, 3.05) is 19.1 Å². The molecule has 1 amide bonds. The van der Waals surface area contributed by atoms with Gasteiger partial charge in [-0.1, -0.05) is 22.9 Å². The number of aromatic nitrogens is 2. The normalized spacial score (nSPS) is 10.5. The van der Waals surface area contributed by atoms with Gasteiger partial charge in [-0.3, -0.25) is 9.69 Å². The lowest BCUT2D eigenvalue weighted by atomic mass is 10.2. The van der Waals surface area contributed by atoms with Crippen LogP contribution in [0, 0.1) is 0 Å². The van der Waals surface area contributed by atoms with E-state index < -0.39 is 0 Å². The standard InChI is InChI=1S/C17H14ClN3O2S/c1-21(16(22)12-3-7-13(18)8-4-12)17-20-19-15(24-17)11-5-9-14(23-2)10-6-11/h3-10H,1-2H3. The summed E-state index contributed by atoms with van der Waals surface area (Å²) in [5, 5.41) is 10.1. The van der Waals surface area contributed by atoms with Crippen LogP contribution in [0.15, 0.2) is 48.5 Å². The van der Waals surface area contributed by atoms with Crippen LogP contribution in [0.4, 0.5) is 5.13 Å². The minimum absolute atomic E-state index is 0.163. The maximum atomic E-state index is 12.5. The Kier molecular flexibility index (Phi) is 4.78. The molecule has 24 heavy (non-hydrogen) atoms. The fourth-order valence-corrected chi connectivity index (χ4v) is 3.01. The molecule has 0 fully saturated rings. The molecule has 0 radical (unpaired) electrons. The van der Waals surface area contributed by atoms with Crippen LogP contribution in [-0.4, -0.2) is 30.3 Å². The molecule has 2 aromatic carbocycles. The van der Waals surface area contributed by atoms with Crippen molar-refractivity contribution in [2.24, 2.45) is 0 Å². The van der Waals surface area contributed by atoms with Crippen molar-refractivity contribution in [3.63, 3.8) is 0 Å². The third-order valence-electron chi connectivity index (χ3n) is 3.43. The van der Waals surface area contributed by atoms with Gasteiger partial charge in [0.1, 0.15) is 10.8 Å². The van der Waals surface area contributed by atoms with Gasteiger partial charge in [-0.25, -0.2) is 0 Å². The third kappa shape index (κ3) is 3.39. The largest absolute Gasteiger partial charge is 0.497 e. The van der Waals surface area contributed by atoms with Gasteiger partial charge in [-0.05, 0) is 48.5 Å². The highest BCUT2D eigenvalue weighted by molar-refractivity contribution is 7.18. The van der Waals surface area contributed by atoms with Crippen LogP contribution in [-0.2, 0) is 0 Å². The number of carbonyl (C=O) groups excluding carboxylic acids is 1. The molecule has 0 N–H and O–H groups in total. The van der Waals surface area contributed by atoms with Crippen LogP contribution in [0.3, 0.4) is 0 Å². The molecule has 0 spiro atoms. The average molecular weight is 360 g/mol. The Morgan fingerprint density at radius 3 is 2.38 bits per heavy atom. The van der Waals surface area contributed by atoms with E-state index in [9.17, 15) is 4.79 Å². The highest BCUT2D eigenvalue weighted by Crippen LogP contribution is 2.30. The van der Waals surface area contributed by atoms with Gasteiger partial charge in [0.15, 0.2) is 0 Å². The van der Waals surface area contributed by atoms with E-state index in [-0.39, 0.29) is 5.91 Å². The second kappa shape index (κ2) is 6.98. The van der Waals surface area contributed by atoms with Gasteiger partial charge in [0.2, 0.25) is 5.13 Å². The Morgan fingerprint density at radius 2 is 1.75 bits per heavy atom. The number of halogens is 1. The van der Waals surface area contributed by atoms with Crippen molar-refractivity contribution < 1.29 is 9.53 Å². The zero-order valence-electron chi connectivity index (χ0n) is 13.1. The highest BCUT2D eigenvalue weighted by Gasteiger charge is 2.18. The zero-order chi connectivity index (χ0) is 17.1. The van der Waals surface area contributed by atoms with E-state index >= 15 is 0 Å². The molecular weight excluding hydrogens is 346 g/mol. The van der Waals surface area contributed by atoms with Crippen LogP contribution < -0.4 is 9.64 Å². The first-order valence-corrected chi connectivity index (χ1v) is 8.29. The molecule has 7 heteroatoms. The first-order valence-electron chi connectivity index (χ1n) is 7.10. The monoisotopic (exact) mass is 359 g/mol. The third-order valence-corrected chi connectivity index (χ3v) is 4.73. The molecule has 3 rings (SSSR count). The van der Waals surface area contributed by atoms with Gasteiger partial charge in [-0.2, -0.15) is 0 Å². The Balaban J connectivity index is 1.81. The number of rotatable bonds is 4. The predicted octanol–water partition coefficient (Wildman–Crippen LogP) is 4.14. The smallest absolute Gasteiger partial charge is 0.259 e. The molecule has 0 atom stereocenters. The van der Waals surface area contributed by atoms with Crippen molar-refractivity contribution in [3.05, 3.63) is 59.1 Å². The van der Waals surface area contributed by atoms with E-state index in [4.69, 9.17) is 16.3 Å². The number of nitrogens with zero attached hydrogens (tertiary/aromatic N) is 3. The molecule has 0 aliphatic heterocycles. The van der Waals surface area contributed by atoms with Gasteiger partial charge in [-0.15, -0.1) is 10.2 Å². The number of benzene rings is 2. The number of methoxy groups -OCH3 is 1. The Labute approximate surface area is 148 Å². The van der Waals surface area contributed by atoms with Crippen molar-refractivity contribution in [2.45, 2.75) is 0 Å². The predicted molar refractivity (Wildman–Crippen MR) is 96.1 cm³/mol. The highest BCUT2D eigenvalue weighted by atomic mass is 35.5. The zero-order valence-corrected chi connectivity index (χ0v) is 14.6. The molecule has 0 aliphatic carbocycles. The summed E-state index contributed by atoms with van der Waals surface area (Å²) in [4.78, 5) is 14.0. The summed E-state index contributed by atoms with van der Waals surface area (Å²) in [6, 6.07) is 14.3. The summed E-state index contributed by atoms with van der Waals surface area (Å²) >= 11 is 7.20. The Morgan fingerprint density at radius 1 is 1.08 bits per heavy atom. The summed E-state index contributed by atoms with van der Waals surface area (Å²) in [7, 11) is 3.30. The molecule has 0 saturated heterocycles. The van der Waals surface area contributed by atoms with Crippen molar-refractivity contribution in [1.29, 1.82) is 0 Å². The van der Waals surface area contributed by atoms with Gasteiger partial charge < -0.3 is 4.74 Å². The van der Waals surface area contributed by atoms with E-state index in [1.807, 2.05) is 24.3 Å². The number of amides is 1. The van der Waals surface area contributed by atoms with Gasteiger partial charge in [0.25, 0.3) is 5.91 Å². The molecule has 3 aromatic rings. The van der Waals surface area contributed by atoms with E-state index in [2.05, 4.69) is 10.2 Å². The Bertz CT molecular complexity index is 847. The van der Waals surface area contributed by atoms with Crippen LogP contribution in [0.25, 0.3) is 10.6 Å². The number of anilines is 1. The van der Waals surface area contributed by atoms with E-state index in [0.717, 1.165) is 16.3 Å². The fourth-order valence-electron chi connectivity index (χ4n) is 2.07. The maximum Gasteiger partial charge on any atom is 0.259 e. The first kappa shape index (κ1) is 16.4. The topological polar surface area (TPSA) is 55.3 Å². The lowest BCUT2D eigenvalue weighted by molar-refractivity contribution is 0.0993. The van der Waals surface area contributed by atoms with Crippen molar-refractivity contribution >= 4 is 34.0 Å². The molecular formula is C17H14ClN3O2S. The Hall–Kier alpha value is -2.44. The van der Waals surface area contributed by atoms with Crippen LogP contribution in [0.2, 0.25) is 5.02 Å². The fraction of sp³-hybridized carbons (Fsp3) is 0.118. The SMILES string of the molecule is COc1ccc(-c2nnc(N(C)C(=O)c3ccc(Cl)cc3)s2)cc1. The number of ether oxygens (including phenoxy) is 1. The summed E-state index contributed by atoms with van der Waals surface area (Å²) in [5.41, 5.74) is 1.47. The molecule has 1 heterocycles. The lowest BCUT2D eigenvalue weighted by Gasteiger charge is -2.12. The second-order valence-electron chi connectivity index (χ2n) is 4.99. The number of hydrogen-bond donors (Lipinski definition) is 0. The van der Waals surface area contributed by atoms with Gasteiger partial charge in [0, 0.05) is 23.2 Å². The minimum atomic E-state index is -0.163. The van der Waals surface area contributed by atoms with Gasteiger partial charge in [0.05, 0.1) is 7.11 Å². The summed E-state index contributed by atoms with van der Waals surface area (Å²) in [5.74, 6) is 0.614. The van der Waals surface area contributed by atoms with Crippen LogP contribution in [0.1, 0.15) is 10.4 Å².